The molecule has 140 valence electrons. The summed E-state index contributed by atoms with van der Waals surface area (Å²) in [6, 6.07) is 7.54. The molecule has 0 aliphatic heterocycles. The Morgan fingerprint density at radius 3 is 2.52 bits per heavy atom. The molecular weight excluding hydrogens is 415 g/mol. The van der Waals surface area contributed by atoms with E-state index in [9.17, 15) is 14.9 Å². The molecule has 7 nitrogen and oxygen atoms in total. The zero-order valence-corrected chi connectivity index (χ0v) is 16.4. The maximum absolute atomic E-state index is 12.8. The van der Waals surface area contributed by atoms with Crippen molar-refractivity contribution in [2.45, 2.75) is 0 Å². The largest absolute Gasteiger partial charge is 0.495 e. The van der Waals surface area contributed by atoms with Gasteiger partial charge in [0.1, 0.15) is 21.1 Å². The van der Waals surface area contributed by atoms with E-state index in [1.807, 2.05) is 0 Å². The Bertz CT molecular complexity index is 1070. The van der Waals surface area contributed by atoms with Gasteiger partial charge in [-0.1, -0.05) is 35.3 Å². The first kappa shape index (κ1) is 19.2. The number of carbonyl (C=O) groups is 1. The number of benzene rings is 2. The molecule has 0 bridgehead atoms. The Morgan fingerprint density at radius 1 is 1.19 bits per heavy atom. The van der Waals surface area contributed by atoms with Crippen molar-refractivity contribution in [2.24, 2.45) is 0 Å². The summed E-state index contributed by atoms with van der Waals surface area (Å²) in [7, 11) is 2.88. The van der Waals surface area contributed by atoms with E-state index in [1.54, 1.807) is 6.07 Å². The molecular formula is C17H12Cl2N2O5S. The molecule has 3 rings (SSSR count). The second-order valence-corrected chi connectivity index (χ2v) is 7.10. The number of methoxy groups -OCH3 is 2. The summed E-state index contributed by atoms with van der Waals surface area (Å²) in [5.74, 6) is 0.154. The highest BCUT2D eigenvalue weighted by Crippen LogP contribution is 2.41. The lowest BCUT2D eigenvalue weighted by Gasteiger charge is -2.12. The summed E-state index contributed by atoms with van der Waals surface area (Å²) in [5, 5.41) is 14.8. The highest BCUT2D eigenvalue weighted by Gasteiger charge is 2.23. The Hall–Kier alpha value is -2.55. The summed E-state index contributed by atoms with van der Waals surface area (Å²) in [4.78, 5) is 23.6. The van der Waals surface area contributed by atoms with Crippen LogP contribution >= 0.6 is 34.5 Å². The second-order valence-electron chi connectivity index (χ2n) is 5.30. The third-order valence-corrected chi connectivity index (χ3v) is 5.79. The van der Waals surface area contributed by atoms with Crippen molar-refractivity contribution in [3.8, 4) is 11.5 Å². The van der Waals surface area contributed by atoms with Gasteiger partial charge in [0.2, 0.25) is 0 Å². The molecule has 0 saturated carbocycles. The van der Waals surface area contributed by atoms with Gasteiger partial charge in [0.05, 0.1) is 34.9 Å². The lowest BCUT2D eigenvalue weighted by Crippen LogP contribution is -2.11. The van der Waals surface area contributed by atoms with Crippen molar-refractivity contribution in [3.63, 3.8) is 0 Å². The van der Waals surface area contributed by atoms with Crippen molar-refractivity contribution in [2.75, 3.05) is 19.5 Å². The molecule has 0 aliphatic carbocycles. The van der Waals surface area contributed by atoms with Gasteiger partial charge < -0.3 is 14.8 Å². The number of amides is 1. The van der Waals surface area contributed by atoms with E-state index in [0.717, 1.165) is 11.3 Å². The summed E-state index contributed by atoms with van der Waals surface area (Å²) >= 11 is 13.3. The van der Waals surface area contributed by atoms with Gasteiger partial charge in [-0.05, 0) is 0 Å². The number of non-ortho nitro benzene ring substituents is 1. The highest BCUT2D eigenvalue weighted by atomic mass is 35.5. The first-order chi connectivity index (χ1) is 12.9. The second kappa shape index (κ2) is 7.59. The molecule has 1 heterocycles. The van der Waals surface area contributed by atoms with E-state index >= 15 is 0 Å². The summed E-state index contributed by atoms with van der Waals surface area (Å²) < 4.78 is 10.7. The molecule has 3 aromatic rings. The van der Waals surface area contributed by atoms with Crippen molar-refractivity contribution in [3.05, 3.63) is 55.4 Å². The fraction of sp³-hybridized carbons (Fsp3) is 0.118. The van der Waals surface area contributed by atoms with Gasteiger partial charge in [0, 0.05) is 23.6 Å². The third kappa shape index (κ3) is 3.51. The third-order valence-electron chi connectivity index (χ3n) is 3.76. The van der Waals surface area contributed by atoms with Crippen LogP contribution in [0.4, 0.5) is 11.4 Å². The molecule has 2 aromatic carbocycles. The lowest BCUT2D eigenvalue weighted by atomic mass is 10.2. The van der Waals surface area contributed by atoms with Crippen molar-refractivity contribution >= 4 is 61.9 Å². The molecule has 27 heavy (non-hydrogen) atoms. The number of rotatable bonds is 5. The van der Waals surface area contributed by atoms with Crippen LogP contribution in [-0.4, -0.2) is 25.1 Å². The molecule has 1 aromatic heterocycles. The van der Waals surface area contributed by atoms with Gasteiger partial charge in [0.15, 0.2) is 0 Å². The standard InChI is InChI=1S/C17H12Cl2N2O5S/c1-25-12-7-10(13(26-2)6-9(12)18)20-17(22)16-14(19)8-4-3-5-11(21(23)24)15(8)27-16/h3-7H,1-2H3,(H,20,22). The lowest BCUT2D eigenvalue weighted by molar-refractivity contribution is -0.382. The number of nitro benzene ring substituents is 1. The van der Waals surface area contributed by atoms with Crippen LogP contribution in [0.25, 0.3) is 10.1 Å². The summed E-state index contributed by atoms with van der Waals surface area (Å²) in [6.07, 6.45) is 0. The van der Waals surface area contributed by atoms with E-state index in [4.69, 9.17) is 32.7 Å². The number of nitro groups is 1. The number of nitrogens with zero attached hydrogens (tertiary/aromatic N) is 1. The van der Waals surface area contributed by atoms with E-state index in [0.29, 0.717) is 32.3 Å². The predicted octanol–water partition coefficient (Wildman–Crippen LogP) is 5.39. The minimum absolute atomic E-state index is 0.107. The van der Waals surface area contributed by atoms with Gasteiger partial charge in [-0.15, -0.1) is 11.3 Å². The topological polar surface area (TPSA) is 90.7 Å². The van der Waals surface area contributed by atoms with Gasteiger partial charge in [-0.2, -0.15) is 0 Å². The van der Waals surface area contributed by atoms with Gasteiger partial charge in [-0.3, -0.25) is 14.9 Å². The smallest absolute Gasteiger partial charge is 0.287 e. The van der Waals surface area contributed by atoms with Crippen LogP contribution in [0.5, 0.6) is 11.5 Å². The Labute approximate surface area is 167 Å². The fourth-order valence-corrected chi connectivity index (χ4v) is 4.22. The van der Waals surface area contributed by atoms with Crippen molar-refractivity contribution in [1.29, 1.82) is 0 Å². The Balaban J connectivity index is 2.04. The van der Waals surface area contributed by atoms with Gasteiger partial charge in [-0.25, -0.2) is 0 Å². The van der Waals surface area contributed by atoms with Crippen LogP contribution in [0, 0.1) is 10.1 Å². The van der Waals surface area contributed by atoms with E-state index in [2.05, 4.69) is 5.32 Å². The average molecular weight is 427 g/mol. The number of carbonyl (C=O) groups excluding carboxylic acids is 1. The quantitative estimate of drug-likeness (QED) is 0.436. The molecule has 0 unspecified atom stereocenters. The number of anilines is 1. The maximum Gasteiger partial charge on any atom is 0.287 e. The first-order valence-electron chi connectivity index (χ1n) is 7.45. The van der Waals surface area contributed by atoms with Crippen LogP contribution in [0.3, 0.4) is 0 Å². The summed E-state index contributed by atoms with van der Waals surface area (Å²) in [5.41, 5.74) is 0.218. The van der Waals surface area contributed by atoms with Crippen molar-refractivity contribution in [1.82, 2.24) is 0 Å². The van der Waals surface area contributed by atoms with Crippen LogP contribution in [-0.2, 0) is 0 Å². The molecule has 0 spiro atoms. The van der Waals surface area contributed by atoms with E-state index in [-0.39, 0.29) is 15.6 Å². The van der Waals surface area contributed by atoms with E-state index in [1.165, 1.54) is 38.5 Å². The number of thiophene rings is 1. The SMILES string of the molecule is COc1cc(NC(=O)c2sc3c([N+](=O)[O-])cccc3c2Cl)c(OC)cc1Cl. The van der Waals surface area contributed by atoms with Gasteiger partial charge in [0.25, 0.3) is 11.6 Å². The zero-order chi connectivity index (χ0) is 19.7. The first-order valence-corrected chi connectivity index (χ1v) is 9.02. The fourth-order valence-electron chi connectivity index (χ4n) is 2.50. The molecule has 1 N–H and O–H groups in total. The molecule has 0 saturated heterocycles. The molecule has 0 radical (unpaired) electrons. The predicted molar refractivity (Wildman–Crippen MR) is 106 cm³/mol. The number of hydrogen-bond donors (Lipinski definition) is 1. The average Bonchev–Trinajstić information content (AvgIpc) is 2.99. The normalized spacial score (nSPS) is 10.7. The zero-order valence-electron chi connectivity index (χ0n) is 14.0. The molecule has 1 amide bonds. The minimum atomic E-state index is -0.529. The van der Waals surface area contributed by atoms with E-state index < -0.39 is 10.8 Å². The van der Waals surface area contributed by atoms with Crippen LogP contribution < -0.4 is 14.8 Å². The number of halogens is 2. The molecule has 0 fully saturated rings. The summed E-state index contributed by atoms with van der Waals surface area (Å²) in [6.45, 7) is 0. The highest BCUT2D eigenvalue weighted by molar-refractivity contribution is 7.22. The monoisotopic (exact) mass is 426 g/mol. The minimum Gasteiger partial charge on any atom is -0.495 e. The van der Waals surface area contributed by atoms with Crippen LogP contribution in [0.2, 0.25) is 10.0 Å². The number of nitrogens with one attached hydrogen (secondary N) is 1. The number of fused-ring (bicyclic) bond motifs is 1. The number of ether oxygens (including phenoxy) is 2. The Morgan fingerprint density at radius 2 is 1.89 bits per heavy atom. The molecule has 0 aliphatic rings. The molecule has 10 heteroatoms. The maximum atomic E-state index is 12.8. The Kier molecular flexibility index (Phi) is 5.41. The molecule has 0 atom stereocenters. The van der Waals surface area contributed by atoms with Crippen LogP contribution in [0.15, 0.2) is 30.3 Å². The van der Waals surface area contributed by atoms with Crippen molar-refractivity contribution < 1.29 is 19.2 Å². The van der Waals surface area contributed by atoms with Crippen LogP contribution in [0.1, 0.15) is 9.67 Å². The van der Waals surface area contributed by atoms with Gasteiger partial charge >= 0.3 is 0 Å². The number of hydrogen-bond acceptors (Lipinski definition) is 6.